The van der Waals surface area contributed by atoms with E-state index >= 15 is 0 Å². The summed E-state index contributed by atoms with van der Waals surface area (Å²) in [5, 5.41) is 3.32. The highest BCUT2D eigenvalue weighted by Gasteiger charge is 2.20. The Labute approximate surface area is 102 Å². The highest BCUT2D eigenvalue weighted by atomic mass is 15.1. The standard InChI is InChI=1S/C14H19N3/c1-3-17-13-5-4-10(2)6-12(13)16-14(17)7-11-8-15-9-11/h4-6,11,15H,3,7-9H2,1-2H3. The number of hydrogen-bond donors (Lipinski definition) is 1. The predicted molar refractivity (Wildman–Crippen MR) is 70.2 cm³/mol. The topological polar surface area (TPSA) is 29.9 Å². The number of rotatable bonds is 3. The molecule has 1 N–H and O–H groups in total. The molecule has 0 saturated carbocycles. The van der Waals surface area contributed by atoms with Crippen LogP contribution in [0.15, 0.2) is 18.2 Å². The Hall–Kier alpha value is -1.35. The Morgan fingerprint density at radius 2 is 2.24 bits per heavy atom. The fourth-order valence-electron chi connectivity index (χ4n) is 2.55. The maximum Gasteiger partial charge on any atom is 0.110 e. The van der Waals surface area contributed by atoms with E-state index in [0.29, 0.717) is 0 Å². The van der Waals surface area contributed by atoms with E-state index in [1.807, 2.05) is 0 Å². The van der Waals surface area contributed by atoms with Crippen LogP contribution in [0.25, 0.3) is 11.0 Å². The second kappa shape index (κ2) is 4.15. The number of aromatic nitrogens is 2. The number of nitrogens with one attached hydrogen (secondary N) is 1. The molecule has 2 aromatic rings. The van der Waals surface area contributed by atoms with E-state index in [1.165, 1.54) is 16.9 Å². The monoisotopic (exact) mass is 229 g/mol. The lowest BCUT2D eigenvalue weighted by Crippen LogP contribution is -2.43. The smallest absolute Gasteiger partial charge is 0.110 e. The van der Waals surface area contributed by atoms with Crippen molar-refractivity contribution in [3.05, 3.63) is 29.6 Å². The van der Waals surface area contributed by atoms with Gasteiger partial charge in [-0.05, 0) is 50.6 Å². The van der Waals surface area contributed by atoms with Crippen molar-refractivity contribution >= 4 is 11.0 Å². The van der Waals surface area contributed by atoms with Crippen LogP contribution in [0.3, 0.4) is 0 Å². The number of benzene rings is 1. The normalized spacial score (nSPS) is 16.4. The van der Waals surface area contributed by atoms with Gasteiger partial charge in [0.1, 0.15) is 5.82 Å². The Morgan fingerprint density at radius 3 is 2.88 bits per heavy atom. The molecule has 0 aliphatic carbocycles. The molecule has 1 aliphatic heterocycles. The van der Waals surface area contributed by atoms with Crippen LogP contribution in [0.4, 0.5) is 0 Å². The van der Waals surface area contributed by atoms with Gasteiger partial charge in [0.15, 0.2) is 0 Å². The minimum absolute atomic E-state index is 0.776. The highest BCUT2D eigenvalue weighted by Crippen LogP contribution is 2.20. The van der Waals surface area contributed by atoms with Gasteiger partial charge in [0.05, 0.1) is 11.0 Å². The first-order chi connectivity index (χ1) is 8.28. The lowest BCUT2D eigenvalue weighted by molar-refractivity contribution is 0.338. The summed E-state index contributed by atoms with van der Waals surface area (Å²) in [4.78, 5) is 4.80. The summed E-state index contributed by atoms with van der Waals surface area (Å²) in [6.07, 6.45) is 1.11. The average molecular weight is 229 g/mol. The molecule has 1 aromatic carbocycles. The highest BCUT2D eigenvalue weighted by molar-refractivity contribution is 5.76. The number of fused-ring (bicyclic) bond motifs is 1. The van der Waals surface area contributed by atoms with Crippen LogP contribution in [0.2, 0.25) is 0 Å². The van der Waals surface area contributed by atoms with Crippen LogP contribution in [0.1, 0.15) is 18.3 Å². The van der Waals surface area contributed by atoms with Gasteiger partial charge in [-0.25, -0.2) is 4.98 Å². The molecule has 1 saturated heterocycles. The first-order valence-electron chi connectivity index (χ1n) is 6.44. The summed E-state index contributed by atoms with van der Waals surface area (Å²) in [5.74, 6) is 2.03. The van der Waals surface area contributed by atoms with Crippen molar-refractivity contribution in [1.82, 2.24) is 14.9 Å². The Kier molecular flexibility index (Phi) is 2.63. The summed E-state index contributed by atoms with van der Waals surface area (Å²) in [6.45, 7) is 7.62. The molecule has 1 aliphatic rings. The van der Waals surface area contributed by atoms with Gasteiger partial charge in [-0.3, -0.25) is 0 Å². The zero-order chi connectivity index (χ0) is 11.8. The van der Waals surface area contributed by atoms with Crippen molar-refractivity contribution in [1.29, 1.82) is 0 Å². The van der Waals surface area contributed by atoms with Crippen LogP contribution >= 0.6 is 0 Å². The lowest BCUT2D eigenvalue weighted by atomic mass is 9.99. The van der Waals surface area contributed by atoms with Crippen LogP contribution in [-0.2, 0) is 13.0 Å². The summed E-state index contributed by atoms with van der Waals surface area (Å²) >= 11 is 0. The third kappa shape index (κ3) is 1.84. The number of imidazole rings is 1. The quantitative estimate of drug-likeness (QED) is 0.873. The van der Waals surface area contributed by atoms with Gasteiger partial charge in [-0.1, -0.05) is 6.07 Å². The van der Waals surface area contributed by atoms with Crippen LogP contribution in [0.5, 0.6) is 0 Å². The molecular formula is C14H19N3. The Morgan fingerprint density at radius 1 is 1.41 bits per heavy atom. The first-order valence-corrected chi connectivity index (χ1v) is 6.44. The predicted octanol–water partition coefficient (Wildman–Crippen LogP) is 2.13. The maximum absolute atomic E-state index is 4.80. The summed E-state index contributed by atoms with van der Waals surface area (Å²) < 4.78 is 2.35. The van der Waals surface area contributed by atoms with Gasteiger partial charge in [-0.2, -0.15) is 0 Å². The first kappa shape index (κ1) is 10.8. The second-order valence-electron chi connectivity index (χ2n) is 4.99. The molecule has 0 unspecified atom stereocenters. The molecule has 17 heavy (non-hydrogen) atoms. The van der Waals surface area contributed by atoms with Crippen molar-refractivity contribution in [3.63, 3.8) is 0 Å². The van der Waals surface area contributed by atoms with Gasteiger partial charge in [-0.15, -0.1) is 0 Å². The van der Waals surface area contributed by atoms with Gasteiger partial charge in [0.2, 0.25) is 0 Å². The molecule has 0 atom stereocenters. The van der Waals surface area contributed by atoms with Crippen molar-refractivity contribution in [2.75, 3.05) is 13.1 Å². The third-order valence-corrected chi connectivity index (χ3v) is 3.64. The lowest BCUT2D eigenvalue weighted by Gasteiger charge is -2.26. The summed E-state index contributed by atoms with van der Waals surface area (Å²) in [7, 11) is 0. The fourth-order valence-corrected chi connectivity index (χ4v) is 2.55. The molecular weight excluding hydrogens is 210 g/mol. The molecule has 3 rings (SSSR count). The van der Waals surface area contributed by atoms with Gasteiger partial charge in [0.25, 0.3) is 0 Å². The van der Waals surface area contributed by atoms with E-state index in [2.05, 4.69) is 41.9 Å². The van der Waals surface area contributed by atoms with E-state index in [4.69, 9.17) is 4.98 Å². The van der Waals surface area contributed by atoms with Crippen molar-refractivity contribution in [2.24, 2.45) is 5.92 Å². The van der Waals surface area contributed by atoms with E-state index in [0.717, 1.165) is 37.5 Å². The minimum atomic E-state index is 0.776. The zero-order valence-corrected chi connectivity index (χ0v) is 10.5. The SMILES string of the molecule is CCn1c(CC2CNC2)nc2cc(C)ccc21. The molecule has 0 spiro atoms. The molecule has 0 bridgehead atoms. The summed E-state index contributed by atoms with van der Waals surface area (Å²) in [6, 6.07) is 6.55. The number of nitrogens with zero attached hydrogens (tertiary/aromatic N) is 2. The molecule has 1 aromatic heterocycles. The van der Waals surface area contributed by atoms with E-state index in [1.54, 1.807) is 0 Å². The van der Waals surface area contributed by atoms with Gasteiger partial charge >= 0.3 is 0 Å². The van der Waals surface area contributed by atoms with Crippen LogP contribution in [-0.4, -0.2) is 22.6 Å². The molecule has 3 heteroatoms. The number of hydrogen-bond acceptors (Lipinski definition) is 2. The summed E-state index contributed by atoms with van der Waals surface area (Å²) in [5.41, 5.74) is 3.71. The molecule has 0 amide bonds. The number of aryl methyl sites for hydroxylation is 2. The average Bonchev–Trinajstić information content (AvgIpc) is 2.59. The maximum atomic E-state index is 4.80. The van der Waals surface area contributed by atoms with E-state index in [-0.39, 0.29) is 0 Å². The third-order valence-electron chi connectivity index (χ3n) is 3.64. The molecule has 3 nitrogen and oxygen atoms in total. The van der Waals surface area contributed by atoms with Crippen molar-refractivity contribution < 1.29 is 0 Å². The molecule has 2 heterocycles. The largest absolute Gasteiger partial charge is 0.328 e. The Bertz CT molecular complexity index is 538. The molecule has 0 radical (unpaired) electrons. The van der Waals surface area contributed by atoms with Crippen molar-refractivity contribution in [3.8, 4) is 0 Å². The van der Waals surface area contributed by atoms with Gasteiger partial charge < -0.3 is 9.88 Å². The zero-order valence-electron chi connectivity index (χ0n) is 10.5. The second-order valence-corrected chi connectivity index (χ2v) is 4.99. The van der Waals surface area contributed by atoms with Crippen molar-refractivity contribution in [2.45, 2.75) is 26.8 Å². The van der Waals surface area contributed by atoms with Crippen LogP contribution < -0.4 is 5.32 Å². The van der Waals surface area contributed by atoms with Crippen LogP contribution in [0, 0.1) is 12.8 Å². The van der Waals surface area contributed by atoms with E-state index < -0.39 is 0 Å². The molecule has 1 fully saturated rings. The fraction of sp³-hybridized carbons (Fsp3) is 0.500. The molecule has 90 valence electrons. The van der Waals surface area contributed by atoms with Gasteiger partial charge in [0, 0.05) is 13.0 Å². The minimum Gasteiger partial charge on any atom is -0.328 e. The Balaban J connectivity index is 2.03. The van der Waals surface area contributed by atoms with E-state index in [9.17, 15) is 0 Å².